The van der Waals surface area contributed by atoms with Crippen molar-refractivity contribution >= 4 is 112 Å². The minimum absolute atomic E-state index is 0.184. The second kappa shape index (κ2) is 15.7. The lowest BCUT2D eigenvalue weighted by atomic mass is 9.73. The molecule has 1 aliphatic rings. The van der Waals surface area contributed by atoms with Gasteiger partial charge in [0.15, 0.2) is 0 Å². The third-order valence-electron chi connectivity index (χ3n) is 16.5. The smallest absolute Gasteiger partial charge is 0.0543 e. The van der Waals surface area contributed by atoms with Crippen LogP contribution in [0.25, 0.3) is 72.7 Å². The van der Waals surface area contributed by atoms with E-state index < -0.39 is 0 Å². The predicted octanol–water partition coefficient (Wildman–Crippen LogP) is 20.1. The van der Waals surface area contributed by atoms with E-state index in [0.29, 0.717) is 11.8 Å². The van der Waals surface area contributed by atoms with E-state index in [9.17, 15) is 0 Å². The second-order valence-corrected chi connectivity index (χ2v) is 24.1. The van der Waals surface area contributed by atoms with Crippen molar-refractivity contribution in [2.45, 2.75) is 97.8 Å². The topological polar surface area (TPSA) is 3.24 Å². The summed E-state index contributed by atoms with van der Waals surface area (Å²) in [4.78, 5) is 2.64. The van der Waals surface area contributed by atoms with Crippen molar-refractivity contribution < 1.29 is 0 Å². The van der Waals surface area contributed by atoms with Crippen molar-refractivity contribution in [1.82, 2.24) is 0 Å². The predicted molar refractivity (Wildman–Crippen MR) is 308 cm³/mol. The Bertz CT molecular complexity index is 4100. The average Bonchev–Trinajstić information content (AvgIpc) is 3.91. The number of fused-ring (bicyclic) bond motifs is 8. The highest BCUT2D eigenvalue weighted by Crippen LogP contribution is 2.57. The van der Waals surface area contributed by atoms with Gasteiger partial charge in [-0.25, -0.2) is 0 Å². The van der Waals surface area contributed by atoms with Gasteiger partial charge in [-0.05, 0) is 157 Å². The van der Waals surface area contributed by atoms with Crippen molar-refractivity contribution in [1.29, 1.82) is 0 Å². The van der Waals surface area contributed by atoms with Gasteiger partial charge < -0.3 is 4.90 Å². The molecule has 0 saturated heterocycles. The van der Waals surface area contributed by atoms with Crippen LogP contribution in [-0.2, 0) is 23.7 Å². The van der Waals surface area contributed by atoms with E-state index >= 15 is 0 Å². The molecule has 0 unspecified atom stereocenters. The maximum absolute atomic E-state index is 2.64. The Kier molecular flexibility index (Phi) is 9.78. The molecule has 0 radical (unpaired) electrons. The maximum atomic E-state index is 2.64. The second-order valence-electron chi connectivity index (χ2n) is 22.0. The third-order valence-corrected chi connectivity index (χ3v) is 18.7. The summed E-state index contributed by atoms with van der Waals surface area (Å²) in [6, 6.07) is 61.2. The van der Waals surface area contributed by atoms with Gasteiger partial charge in [0.05, 0.1) is 17.1 Å². The number of nitrogens with zero attached hydrogens (tertiary/aromatic N) is 1. The largest absolute Gasteiger partial charge is 0.309 e. The fourth-order valence-electron chi connectivity index (χ4n) is 12.9. The Morgan fingerprint density at radius 1 is 0.457 bits per heavy atom. The van der Waals surface area contributed by atoms with Crippen LogP contribution in [0.15, 0.2) is 158 Å². The van der Waals surface area contributed by atoms with Gasteiger partial charge in [-0.1, -0.05) is 165 Å². The van der Waals surface area contributed by atoms with E-state index in [1.165, 1.54) is 140 Å². The number of para-hydroxylation sites is 1. The summed E-state index contributed by atoms with van der Waals surface area (Å²) < 4.78 is 5.41. The first-order valence-electron chi connectivity index (χ1n) is 25.4. The van der Waals surface area contributed by atoms with Crippen molar-refractivity contribution in [3.8, 4) is 0 Å². The number of benzene rings is 10. The van der Waals surface area contributed by atoms with E-state index in [2.05, 4.69) is 225 Å². The minimum atomic E-state index is -0.190. The molecule has 1 nitrogen and oxygen atoms in total. The van der Waals surface area contributed by atoms with Crippen molar-refractivity contribution in [2.24, 2.45) is 0 Å². The molecule has 12 aromatic rings. The summed E-state index contributed by atoms with van der Waals surface area (Å²) in [7, 11) is 0. The third kappa shape index (κ3) is 6.33. The zero-order chi connectivity index (χ0) is 48.0. The lowest BCUT2D eigenvalue weighted by Gasteiger charge is -2.42. The lowest BCUT2D eigenvalue weighted by Crippen LogP contribution is -2.30. The van der Waals surface area contributed by atoms with E-state index in [0.717, 1.165) is 12.8 Å². The monoisotopic (exact) mass is 941 g/mol. The Morgan fingerprint density at radius 2 is 1.03 bits per heavy atom. The van der Waals surface area contributed by atoms with E-state index in [-0.39, 0.29) is 10.8 Å². The first-order chi connectivity index (χ1) is 33.8. The van der Waals surface area contributed by atoms with Crippen molar-refractivity contribution in [2.75, 3.05) is 4.90 Å². The zero-order valence-corrected chi connectivity index (χ0v) is 43.5. The van der Waals surface area contributed by atoms with Crippen molar-refractivity contribution in [3.05, 3.63) is 208 Å². The van der Waals surface area contributed by atoms with Crippen LogP contribution < -0.4 is 4.90 Å². The van der Waals surface area contributed by atoms with Gasteiger partial charge in [0.1, 0.15) is 0 Å². The average molecular weight is 942 g/mol. The van der Waals surface area contributed by atoms with E-state index in [1.807, 2.05) is 22.7 Å². The molecule has 0 amide bonds. The molecule has 3 heteroatoms. The maximum Gasteiger partial charge on any atom is 0.0543 e. The number of rotatable bonds is 8. The number of aryl methyl sites for hydroxylation is 3. The molecule has 70 heavy (non-hydrogen) atoms. The first kappa shape index (κ1) is 43.5. The number of hydrogen-bond acceptors (Lipinski definition) is 3. The van der Waals surface area contributed by atoms with Gasteiger partial charge in [0.2, 0.25) is 0 Å². The van der Waals surface area contributed by atoms with Crippen LogP contribution in [0.5, 0.6) is 0 Å². The van der Waals surface area contributed by atoms with Gasteiger partial charge in [0, 0.05) is 56.6 Å². The molecule has 344 valence electrons. The number of hydrogen-bond donors (Lipinski definition) is 0. The standard InChI is InChI=1S/C67H59NS2/c1-38(2)47-33-44-30-31-56(68-55-23-15-14-22-52(55)67(8,9)54-36-50-46-20-12-17-25-59(46)70-61(50)37-57(54)68)65-48(39(3)4)34-43-29-28-42(62(47)63(43)64(44)65)27-26-41-18-10-13-21-51(41)66(6,7)53-35-49-45-19-11-16-24-58(45)69-60(49)32-40(53)5/h10-25,28-39H,26-27H2,1-9H3. The van der Waals surface area contributed by atoms with Crippen LogP contribution in [0.2, 0.25) is 0 Å². The molecule has 2 aromatic heterocycles. The molecule has 0 bridgehead atoms. The van der Waals surface area contributed by atoms with Crippen LogP contribution in [-0.4, -0.2) is 0 Å². The van der Waals surface area contributed by atoms with Crippen LogP contribution in [0.3, 0.4) is 0 Å². The number of thiophene rings is 2. The van der Waals surface area contributed by atoms with Gasteiger partial charge in [-0.3, -0.25) is 0 Å². The highest BCUT2D eigenvalue weighted by molar-refractivity contribution is 7.26. The number of anilines is 3. The Balaban J connectivity index is 0.991. The molecule has 0 spiro atoms. The minimum Gasteiger partial charge on any atom is -0.309 e. The van der Waals surface area contributed by atoms with Gasteiger partial charge in [-0.15, -0.1) is 22.7 Å². The fraction of sp³-hybridized carbons (Fsp3) is 0.224. The van der Waals surface area contributed by atoms with Crippen LogP contribution in [0, 0.1) is 6.92 Å². The van der Waals surface area contributed by atoms with Crippen LogP contribution >= 0.6 is 22.7 Å². The fourth-order valence-corrected chi connectivity index (χ4v) is 15.2. The molecule has 0 aliphatic carbocycles. The molecule has 0 saturated carbocycles. The lowest BCUT2D eigenvalue weighted by molar-refractivity contribution is 0.627. The summed E-state index contributed by atoms with van der Waals surface area (Å²) in [5.41, 5.74) is 16.1. The molecule has 13 rings (SSSR count). The molecular weight excluding hydrogens is 883 g/mol. The Morgan fingerprint density at radius 3 is 1.74 bits per heavy atom. The molecule has 0 N–H and O–H groups in total. The van der Waals surface area contributed by atoms with Crippen LogP contribution in [0.4, 0.5) is 17.1 Å². The molecular formula is C67H59NS2. The van der Waals surface area contributed by atoms with E-state index in [1.54, 1.807) is 0 Å². The molecule has 1 aliphatic heterocycles. The van der Waals surface area contributed by atoms with Crippen LogP contribution in [0.1, 0.15) is 117 Å². The summed E-state index contributed by atoms with van der Waals surface area (Å²) in [5, 5.41) is 13.8. The first-order valence-corrected chi connectivity index (χ1v) is 27.1. The SMILES string of the molecule is Cc1cc2sc3ccccc3c2cc1C(C)(C)c1ccccc1CCc1ccc2cc(C(C)C)c3c(N4c5ccccc5C(C)(C)c5cc6c(cc54)sc4ccccc46)ccc4cc(C(C)C)c1c2c43. The molecule has 3 heterocycles. The summed E-state index contributed by atoms with van der Waals surface area (Å²) >= 11 is 3.83. The Hall–Kier alpha value is -6.52. The summed E-state index contributed by atoms with van der Waals surface area (Å²) in [6.45, 7) is 21.6. The van der Waals surface area contributed by atoms with Gasteiger partial charge >= 0.3 is 0 Å². The van der Waals surface area contributed by atoms with E-state index in [4.69, 9.17) is 0 Å². The van der Waals surface area contributed by atoms with Gasteiger partial charge in [-0.2, -0.15) is 0 Å². The van der Waals surface area contributed by atoms with Crippen molar-refractivity contribution in [3.63, 3.8) is 0 Å². The highest BCUT2D eigenvalue weighted by Gasteiger charge is 2.39. The molecule has 0 atom stereocenters. The molecule has 10 aromatic carbocycles. The summed E-state index contributed by atoms with van der Waals surface area (Å²) in [5.74, 6) is 0.682. The van der Waals surface area contributed by atoms with Gasteiger partial charge in [0.25, 0.3) is 0 Å². The zero-order valence-electron chi connectivity index (χ0n) is 41.8. The quantitative estimate of drug-likeness (QED) is 0.137. The normalized spacial score (nSPS) is 14.0. The molecule has 0 fully saturated rings. The highest BCUT2D eigenvalue weighted by atomic mass is 32.1. The summed E-state index contributed by atoms with van der Waals surface area (Å²) in [6.07, 6.45) is 1.93. The Labute approximate surface area is 420 Å².